The van der Waals surface area contributed by atoms with Crippen LogP contribution in [0, 0.1) is 0 Å². The largest absolute Gasteiger partial charge is 0.453 e. The lowest BCUT2D eigenvalue weighted by Crippen LogP contribution is -2.36. The first-order chi connectivity index (χ1) is 18.1. The van der Waals surface area contributed by atoms with Crippen molar-refractivity contribution in [2.24, 2.45) is 0 Å². The summed E-state index contributed by atoms with van der Waals surface area (Å²) in [5, 5.41) is 4.69. The molecule has 0 spiro atoms. The van der Waals surface area contributed by atoms with Gasteiger partial charge < -0.3 is 19.9 Å². The van der Waals surface area contributed by atoms with E-state index in [0.29, 0.717) is 19.2 Å². The number of nitrogens with zero attached hydrogens (tertiary/aromatic N) is 3. The van der Waals surface area contributed by atoms with Gasteiger partial charge in [-0.3, -0.25) is 5.32 Å². The van der Waals surface area contributed by atoms with E-state index in [2.05, 4.69) is 25.0 Å². The Morgan fingerprint density at radius 2 is 1.79 bits per heavy atom. The number of amides is 1. The highest BCUT2D eigenvalue weighted by molar-refractivity contribution is 6.01. The Kier molecular flexibility index (Phi) is 8.63. The highest BCUT2D eigenvalue weighted by Gasteiger charge is 2.55. The van der Waals surface area contributed by atoms with Gasteiger partial charge in [0.05, 0.1) is 24.0 Å². The van der Waals surface area contributed by atoms with Gasteiger partial charge in [-0.2, -0.15) is 26.3 Å². The van der Waals surface area contributed by atoms with Crippen molar-refractivity contribution in [1.82, 2.24) is 19.9 Å². The van der Waals surface area contributed by atoms with Gasteiger partial charge in [-0.1, -0.05) is 6.07 Å². The van der Waals surface area contributed by atoms with E-state index in [1.165, 1.54) is 0 Å². The molecule has 15 heteroatoms. The standard InChI is InChI=1S/C24H27F7N6O2/c1-22(25,24(29,30)31)17-16(35-21(38)39-4)8-7-13-14(11-33-19(13)17)18-15(23(26,27)28)12-34-20(36-18)32-9-5-6-10-37(2)3/h7-8,11-12,33H,5-6,9-10H2,1-4H3,(H,35,38)(H,32,34,36). The molecule has 0 aliphatic heterocycles. The number of rotatable bonds is 9. The molecule has 8 nitrogen and oxygen atoms in total. The molecule has 0 saturated carbocycles. The third-order valence-electron chi connectivity index (χ3n) is 5.94. The molecule has 0 radical (unpaired) electrons. The third kappa shape index (κ3) is 6.52. The zero-order valence-electron chi connectivity index (χ0n) is 21.4. The average Bonchev–Trinajstić information content (AvgIpc) is 3.25. The fourth-order valence-corrected chi connectivity index (χ4v) is 3.92. The number of unbranched alkanes of at least 4 members (excludes halogenated alkanes) is 1. The number of benzene rings is 1. The fourth-order valence-electron chi connectivity index (χ4n) is 3.92. The van der Waals surface area contributed by atoms with Gasteiger partial charge in [0.1, 0.15) is 5.56 Å². The predicted molar refractivity (Wildman–Crippen MR) is 131 cm³/mol. The number of hydrogen-bond acceptors (Lipinski definition) is 6. The summed E-state index contributed by atoms with van der Waals surface area (Å²) in [5.41, 5.74) is -8.20. The normalized spacial score (nSPS) is 13.9. The van der Waals surface area contributed by atoms with Gasteiger partial charge in [-0.05, 0) is 46.5 Å². The summed E-state index contributed by atoms with van der Waals surface area (Å²) in [6.07, 6.45) is -8.45. The van der Waals surface area contributed by atoms with Crippen molar-refractivity contribution < 1.29 is 40.3 Å². The van der Waals surface area contributed by atoms with Crippen LogP contribution in [-0.2, 0) is 16.6 Å². The van der Waals surface area contributed by atoms with Crippen molar-refractivity contribution in [3.8, 4) is 11.3 Å². The maximum atomic E-state index is 15.3. The van der Waals surface area contributed by atoms with Gasteiger partial charge in [0, 0.05) is 35.5 Å². The topological polar surface area (TPSA) is 95.2 Å². The van der Waals surface area contributed by atoms with Crippen LogP contribution < -0.4 is 10.6 Å². The first-order valence-electron chi connectivity index (χ1n) is 11.7. The van der Waals surface area contributed by atoms with E-state index in [9.17, 15) is 31.1 Å². The Labute approximate surface area is 218 Å². The van der Waals surface area contributed by atoms with Crippen molar-refractivity contribution in [1.29, 1.82) is 0 Å². The molecular formula is C24H27F7N6O2. The van der Waals surface area contributed by atoms with E-state index < -0.39 is 52.1 Å². The van der Waals surface area contributed by atoms with E-state index in [1.54, 1.807) is 0 Å². The highest BCUT2D eigenvalue weighted by Crippen LogP contribution is 2.49. The number of carbonyl (C=O) groups excluding carboxylic acids is 1. The zero-order chi connectivity index (χ0) is 29.2. The number of nitrogens with one attached hydrogen (secondary N) is 3. The quantitative estimate of drug-likeness (QED) is 0.208. The minimum absolute atomic E-state index is 0.118. The van der Waals surface area contributed by atoms with Crippen LogP contribution >= 0.6 is 0 Å². The van der Waals surface area contributed by atoms with Gasteiger partial charge in [-0.25, -0.2) is 19.2 Å². The van der Waals surface area contributed by atoms with Crippen LogP contribution in [0.4, 0.5) is 47.2 Å². The second kappa shape index (κ2) is 11.2. The smallest absolute Gasteiger partial charge is 0.426 e. The van der Waals surface area contributed by atoms with Crippen LogP contribution in [-0.4, -0.2) is 66.4 Å². The molecule has 3 N–H and O–H groups in total. The summed E-state index contributed by atoms with van der Waals surface area (Å²) in [6, 6.07) is 2.10. The molecule has 1 unspecified atom stereocenters. The summed E-state index contributed by atoms with van der Waals surface area (Å²) in [5.74, 6) is -0.118. The number of anilines is 2. The molecule has 1 amide bonds. The van der Waals surface area contributed by atoms with Crippen molar-refractivity contribution in [3.05, 3.63) is 35.7 Å². The molecular weight excluding hydrogens is 537 g/mol. The third-order valence-corrected chi connectivity index (χ3v) is 5.94. The lowest BCUT2D eigenvalue weighted by Gasteiger charge is -2.27. The Morgan fingerprint density at radius 3 is 2.38 bits per heavy atom. The number of aromatic amines is 1. The van der Waals surface area contributed by atoms with Gasteiger partial charge in [0.2, 0.25) is 11.6 Å². The second-order valence-corrected chi connectivity index (χ2v) is 9.12. The highest BCUT2D eigenvalue weighted by atomic mass is 19.4. The fraction of sp³-hybridized carbons (Fsp3) is 0.458. The number of hydrogen-bond donors (Lipinski definition) is 3. The number of carbonyl (C=O) groups is 1. The van der Waals surface area contributed by atoms with Gasteiger partial charge in [-0.15, -0.1) is 0 Å². The number of ether oxygens (including phenoxy) is 1. The summed E-state index contributed by atoms with van der Waals surface area (Å²) in [4.78, 5) is 23.9. The van der Waals surface area contributed by atoms with E-state index in [-0.39, 0.29) is 23.8 Å². The molecule has 1 atom stereocenters. The molecule has 0 aliphatic carbocycles. The molecule has 0 saturated heterocycles. The molecule has 1 aromatic carbocycles. The number of aromatic nitrogens is 3. The number of methoxy groups -OCH3 is 1. The van der Waals surface area contributed by atoms with Crippen LogP contribution in [0.5, 0.6) is 0 Å². The van der Waals surface area contributed by atoms with Gasteiger partial charge in [0.25, 0.3) is 0 Å². The van der Waals surface area contributed by atoms with Crippen LogP contribution in [0.3, 0.4) is 0 Å². The molecule has 2 heterocycles. The Bertz CT molecular complexity index is 1320. The van der Waals surface area contributed by atoms with Crippen LogP contribution in [0.1, 0.15) is 30.9 Å². The molecule has 0 fully saturated rings. The Hall–Kier alpha value is -3.62. The molecule has 3 rings (SSSR count). The Morgan fingerprint density at radius 1 is 1.10 bits per heavy atom. The maximum Gasteiger partial charge on any atom is 0.426 e. The molecule has 214 valence electrons. The zero-order valence-corrected chi connectivity index (χ0v) is 21.4. The lowest BCUT2D eigenvalue weighted by molar-refractivity contribution is -0.228. The number of H-pyrrole nitrogens is 1. The molecule has 0 bridgehead atoms. The summed E-state index contributed by atoms with van der Waals surface area (Å²) in [6.45, 7) is 1.41. The van der Waals surface area contributed by atoms with Crippen molar-refractivity contribution >= 4 is 28.6 Å². The number of fused-ring (bicyclic) bond motifs is 1. The maximum absolute atomic E-state index is 15.3. The van der Waals surface area contributed by atoms with E-state index >= 15 is 4.39 Å². The van der Waals surface area contributed by atoms with Crippen LogP contribution in [0.15, 0.2) is 24.5 Å². The first kappa shape index (κ1) is 29.9. The average molecular weight is 565 g/mol. The van der Waals surface area contributed by atoms with Gasteiger partial charge >= 0.3 is 18.4 Å². The van der Waals surface area contributed by atoms with Crippen LogP contribution in [0.2, 0.25) is 0 Å². The minimum Gasteiger partial charge on any atom is -0.453 e. The van der Waals surface area contributed by atoms with Crippen LogP contribution in [0.25, 0.3) is 22.2 Å². The predicted octanol–water partition coefficient (Wildman–Crippen LogP) is 6.32. The lowest BCUT2D eigenvalue weighted by atomic mass is 9.92. The molecule has 39 heavy (non-hydrogen) atoms. The minimum atomic E-state index is -5.44. The summed E-state index contributed by atoms with van der Waals surface area (Å²) >= 11 is 0. The number of halogens is 7. The molecule has 2 aromatic heterocycles. The van der Waals surface area contributed by atoms with E-state index in [0.717, 1.165) is 38.4 Å². The molecule has 0 aliphatic rings. The monoisotopic (exact) mass is 564 g/mol. The van der Waals surface area contributed by atoms with Crippen molar-refractivity contribution in [3.63, 3.8) is 0 Å². The second-order valence-electron chi connectivity index (χ2n) is 9.12. The van der Waals surface area contributed by atoms with E-state index in [1.807, 2.05) is 24.3 Å². The molecule has 3 aromatic rings. The van der Waals surface area contributed by atoms with Crippen molar-refractivity contribution in [2.45, 2.75) is 37.8 Å². The van der Waals surface area contributed by atoms with Gasteiger partial charge in [0.15, 0.2) is 0 Å². The first-order valence-corrected chi connectivity index (χ1v) is 11.7. The summed E-state index contributed by atoms with van der Waals surface area (Å²) in [7, 11) is 4.76. The Balaban J connectivity index is 2.16. The van der Waals surface area contributed by atoms with Crippen molar-refractivity contribution in [2.75, 3.05) is 44.9 Å². The van der Waals surface area contributed by atoms with E-state index in [4.69, 9.17) is 0 Å². The summed E-state index contributed by atoms with van der Waals surface area (Å²) < 4.78 is 103. The number of alkyl halides is 7. The SMILES string of the molecule is COC(=O)Nc1ccc2c(-c3nc(NCCCCN(C)C)ncc3C(F)(F)F)c[nH]c2c1C(C)(F)C(F)(F)F.